The van der Waals surface area contributed by atoms with Gasteiger partial charge in [0, 0.05) is 19.0 Å². The Kier molecular flexibility index (Phi) is 5.38. The van der Waals surface area contributed by atoms with E-state index in [1.807, 2.05) is 18.2 Å². The molecule has 1 heterocycles. The van der Waals surface area contributed by atoms with E-state index < -0.39 is 0 Å². The molecule has 0 N–H and O–H groups in total. The van der Waals surface area contributed by atoms with Gasteiger partial charge < -0.3 is 23.5 Å². The molecular formula is C21H25NO4. The van der Waals surface area contributed by atoms with Crippen LogP contribution in [0.4, 0.5) is 0 Å². The summed E-state index contributed by atoms with van der Waals surface area (Å²) in [5, 5.41) is 1.14. The first-order valence-corrected chi connectivity index (χ1v) is 8.62. The van der Waals surface area contributed by atoms with E-state index in [1.54, 1.807) is 21.3 Å². The highest BCUT2D eigenvalue weighted by molar-refractivity contribution is 5.97. The van der Waals surface area contributed by atoms with Gasteiger partial charge in [0.2, 0.25) is 0 Å². The molecule has 1 aromatic heterocycles. The molecule has 0 saturated heterocycles. The quantitative estimate of drug-likeness (QED) is 0.579. The van der Waals surface area contributed by atoms with Crippen LogP contribution in [0.25, 0.3) is 22.2 Å². The maximum atomic E-state index is 5.89. The normalized spacial score (nSPS) is 11.0. The minimum atomic E-state index is 0.168. The number of benzene rings is 2. The van der Waals surface area contributed by atoms with E-state index in [0.717, 1.165) is 28.8 Å². The molecule has 3 rings (SSSR count). The topological polar surface area (TPSA) is 41.9 Å². The van der Waals surface area contributed by atoms with Crippen LogP contribution < -0.4 is 14.2 Å². The summed E-state index contributed by atoms with van der Waals surface area (Å²) in [5.41, 5.74) is 4.53. The van der Waals surface area contributed by atoms with Crippen molar-refractivity contribution < 1.29 is 18.9 Å². The van der Waals surface area contributed by atoms with E-state index >= 15 is 0 Å². The lowest BCUT2D eigenvalue weighted by atomic mass is 10.1. The van der Waals surface area contributed by atoms with Crippen LogP contribution >= 0.6 is 0 Å². The second kappa shape index (κ2) is 7.70. The van der Waals surface area contributed by atoms with E-state index in [4.69, 9.17) is 18.9 Å². The summed E-state index contributed by atoms with van der Waals surface area (Å²) in [4.78, 5) is 0. The van der Waals surface area contributed by atoms with Gasteiger partial charge in [-0.2, -0.15) is 0 Å². The summed E-state index contributed by atoms with van der Waals surface area (Å²) in [5.74, 6) is 2.25. The first-order chi connectivity index (χ1) is 12.7. The van der Waals surface area contributed by atoms with Crippen LogP contribution in [0.15, 0.2) is 36.4 Å². The van der Waals surface area contributed by atoms with Crippen molar-refractivity contribution in [2.24, 2.45) is 0 Å². The number of ether oxygens (including phenoxy) is 4. The number of aromatic nitrogens is 1. The van der Waals surface area contributed by atoms with Gasteiger partial charge in [-0.05, 0) is 61.4 Å². The largest absolute Gasteiger partial charge is 0.497 e. The van der Waals surface area contributed by atoms with Crippen molar-refractivity contribution in [2.45, 2.75) is 20.4 Å². The lowest BCUT2D eigenvalue weighted by molar-refractivity contribution is 0.0500. The summed E-state index contributed by atoms with van der Waals surface area (Å²) in [6.07, 6.45) is 0. The molecule has 0 aliphatic rings. The molecule has 0 saturated carbocycles. The third kappa shape index (κ3) is 2.99. The zero-order chi connectivity index (χ0) is 18.7. The Morgan fingerprint density at radius 2 is 1.65 bits per heavy atom. The van der Waals surface area contributed by atoms with E-state index in [-0.39, 0.29) is 6.79 Å². The third-order valence-electron chi connectivity index (χ3n) is 4.62. The average Bonchev–Trinajstić information content (AvgIpc) is 2.98. The highest BCUT2D eigenvalue weighted by atomic mass is 16.7. The van der Waals surface area contributed by atoms with Gasteiger partial charge in [-0.1, -0.05) is 0 Å². The van der Waals surface area contributed by atoms with Crippen molar-refractivity contribution in [3.8, 4) is 28.5 Å². The fourth-order valence-corrected chi connectivity index (χ4v) is 3.42. The minimum absolute atomic E-state index is 0.168. The molecule has 0 unspecified atom stereocenters. The van der Waals surface area contributed by atoms with E-state index in [1.165, 1.54) is 11.3 Å². The monoisotopic (exact) mass is 355 g/mol. The van der Waals surface area contributed by atoms with E-state index in [0.29, 0.717) is 11.5 Å². The van der Waals surface area contributed by atoms with E-state index in [2.05, 4.69) is 36.6 Å². The SMILES string of the molecule is CCn1c(-c2ccc(OC)cc2)c(C)c2ccc(OC)c(OCOC)c21. The highest BCUT2D eigenvalue weighted by Crippen LogP contribution is 2.42. The summed E-state index contributed by atoms with van der Waals surface area (Å²) in [7, 11) is 4.94. The smallest absolute Gasteiger partial charge is 0.189 e. The summed E-state index contributed by atoms with van der Waals surface area (Å²) in [6.45, 7) is 5.25. The molecule has 0 fully saturated rings. The minimum Gasteiger partial charge on any atom is -0.497 e. The number of rotatable bonds is 7. The predicted molar refractivity (Wildman–Crippen MR) is 103 cm³/mol. The number of nitrogens with zero attached hydrogens (tertiary/aromatic N) is 1. The molecule has 26 heavy (non-hydrogen) atoms. The number of fused-ring (bicyclic) bond motifs is 1. The predicted octanol–water partition coefficient (Wildman–Crippen LogP) is 4.64. The molecule has 3 aromatic rings. The number of methoxy groups -OCH3 is 3. The van der Waals surface area contributed by atoms with Crippen LogP contribution in [0.3, 0.4) is 0 Å². The van der Waals surface area contributed by atoms with Gasteiger partial charge >= 0.3 is 0 Å². The Balaban J connectivity index is 2.28. The van der Waals surface area contributed by atoms with Crippen LogP contribution in [0, 0.1) is 6.92 Å². The van der Waals surface area contributed by atoms with Crippen LogP contribution in [0.1, 0.15) is 12.5 Å². The lowest BCUT2D eigenvalue weighted by Gasteiger charge is -2.15. The number of hydrogen-bond acceptors (Lipinski definition) is 4. The Labute approximate surface area is 154 Å². The van der Waals surface area contributed by atoms with Crippen molar-refractivity contribution >= 4 is 10.9 Å². The molecule has 0 aliphatic carbocycles. The molecule has 0 atom stereocenters. The molecule has 0 spiro atoms. The molecule has 0 radical (unpaired) electrons. The van der Waals surface area contributed by atoms with Crippen LogP contribution in [-0.4, -0.2) is 32.7 Å². The molecule has 0 aliphatic heterocycles. The molecular weight excluding hydrogens is 330 g/mol. The standard InChI is InChI=1S/C21H25NO4/c1-6-22-19(15-7-9-16(24-4)10-8-15)14(2)17-11-12-18(25-5)21(20(17)22)26-13-23-3/h7-12H,6,13H2,1-5H3. The number of aryl methyl sites for hydroxylation is 2. The summed E-state index contributed by atoms with van der Waals surface area (Å²) >= 11 is 0. The second-order valence-electron chi connectivity index (χ2n) is 5.99. The van der Waals surface area contributed by atoms with Crippen LogP contribution in [-0.2, 0) is 11.3 Å². The maximum absolute atomic E-state index is 5.89. The Morgan fingerprint density at radius 1 is 0.923 bits per heavy atom. The van der Waals surface area contributed by atoms with Gasteiger partial charge in [0.1, 0.15) is 5.75 Å². The Hall–Kier alpha value is -2.66. The van der Waals surface area contributed by atoms with Gasteiger partial charge in [0.15, 0.2) is 18.3 Å². The van der Waals surface area contributed by atoms with Gasteiger partial charge in [0.05, 0.1) is 25.4 Å². The van der Waals surface area contributed by atoms with Crippen molar-refractivity contribution in [3.63, 3.8) is 0 Å². The molecule has 138 valence electrons. The summed E-state index contributed by atoms with van der Waals surface area (Å²) in [6, 6.07) is 12.2. The fourth-order valence-electron chi connectivity index (χ4n) is 3.42. The van der Waals surface area contributed by atoms with Crippen molar-refractivity contribution in [1.82, 2.24) is 4.57 Å². The van der Waals surface area contributed by atoms with Gasteiger partial charge in [-0.25, -0.2) is 0 Å². The van der Waals surface area contributed by atoms with Gasteiger partial charge in [-0.3, -0.25) is 0 Å². The molecule has 5 nitrogen and oxygen atoms in total. The van der Waals surface area contributed by atoms with E-state index in [9.17, 15) is 0 Å². The molecule has 0 bridgehead atoms. The van der Waals surface area contributed by atoms with Crippen LogP contribution in [0.2, 0.25) is 0 Å². The third-order valence-corrected chi connectivity index (χ3v) is 4.62. The molecule has 2 aromatic carbocycles. The Morgan fingerprint density at radius 3 is 2.23 bits per heavy atom. The van der Waals surface area contributed by atoms with Crippen LogP contribution in [0.5, 0.6) is 17.2 Å². The van der Waals surface area contributed by atoms with Crippen molar-refractivity contribution in [2.75, 3.05) is 28.1 Å². The van der Waals surface area contributed by atoms with Gasteiger partial charge in [0.25, 0.3) is 0 Å². The highest BCUT2D eigenvalue weighted by Gasteiger charge is 2.21. The zero-order valence-electron chi connectivity index (χ0n) is 16.0. The van der Waals surface area contributed by atoms with Crippen molar-refractivity contribution in [1.29, 1.82) is 0 Å². The average molecular weight is 355 g/mol. The number of hydrogen-bond donors (Lipinski definition) is 0. The lowest BCUT2D eigenvalue weighted by Crippen LogP contribution is -2.04. The summed E-state index contributed by atoms with van der Waals surface area (Å²) < 4.78 is 24.1. The molecule has 0 amide bonds. The maximum Gasteiger partial charge on any atom is 0.189 e. The first-order valence-electron chi connectivity index (χ1n) is 8.62. The zero-order valence-corrected chi connectivity index (χ0v) is 16.0. The molecule has 5 heteroatoms. The Bertz CT molecular complexity index is 897. The second-order valence-corrected chi connectivity index (χ2v) is 5.99. The first kappa shape index (κ1) is 18.1. The fraction of sp³-hybridized carbons (Fsp3) is 0.333. The van der Waals surface area contributed by atoms with Crippen molar-refractivity contribution in [3.05, 3.63) is 42.0 Å². The van der Waals surface area contributed by atoms with Gasteiger partial charge in [-0.15, -0.1) is 0 Å².